The molecule has 1 saturated heterocycles. The van der Waals surface area contributed by atoms with E-state index >= 15 is 0 Å². The third kappa shape index (κ3) is 4.18. The first-order valence-corrected chi connectivity index (χ1v) is 9.10. The van der Waals surface area contributed by atoms with Crippen molar-refractivity contribution in [1.29, 1.82) is 0 Å². The zero-order valence-corrected chi connectivity index (χ0v) is 16.3. The second-order valence-corrected chi connectivity index (χ2v) is 7.39. The minimum absolute atomic E-state index is 0.0753. The van der Waals surface area contributed by atoms with E-state index in [9.17, 15) is 22.8 Å². The summed E-state index contributed by atoms with van der Waals surface area (Å²) in [6.07, 6.45) is 0. The number of amides is 2. The largest absolute Gasteiger partial charge is 0.350 e. The molecule has 0 saturated carbocycles. The first-order chi connectivity index (χ1) is 12.8. The molecule has 27 heavy (non-hydrogen) atoms. The van der Waals surface area contributed by atoms with Gasteiger partial charge >= 0.3 is 0 Å². The molecule has 0 spiro atoms. The Hall–Kier alpha value is -2.30. The van der Waals surface area contributed by atoms with Gasteiger partial charge in [0.15, 0.2) is 11.6 Å². The van der Waals surface area contributed by atoms with Crippen molar-refractivity contribution in [3.63, 3.8) is 0 Å². The molecule has 142 valence electrons. The highest BCUT2D eigenvalue weighted by molar-refractivity contribution is 14.1. The molecule has 0 aliphatic carbocycles. The van der Waals surface area contributed by atoms with Crippen LogP contribution in [0.5, 0.6) is 0 Å². The van der Waals surface area contributed by atoms with Gasteiger partial charge in [-0.2, -0.15) is 0 Å². The summed E-state index contributed by atoms with van der Waals surface area (Å²) in [6, 6.07) is 6.03. The fourth-order valence-electron chi connectivity index (χ4n) is 2.77. The van der Waals surface area contributed by atoms with Crippen LogP contribution in [0, 0.1) is 21.0 Å². The van der Waals surface area contributed by atoms with E-state index in [0.29, 0.717) is 3.57 Å². The van der Waals surface area contributed by atoms with Crippen LogP contribution < -0.4 is 10.6 Å². The van der Waals surface area contributed by atoms with Crippen LogP contribution >= 0.6 is 22.6 Å². The highest BCUT2D eigenvalue weighted by atomic mass is 127. The minimum Gasteiger partial charge on any atom is -0.350 e. The Morgan fingerprint density at radius 1 is 1.11 bits per heavy atom. The van der Waals surface area contributed by atoms with Crippen molar-refractivity contribution in [3.8, 4) is 0 Å². The highest BCUT2D eigenvalue weighted by Crippen LogP contribution is 2.30. The fraction of sp³-hybridized carbons (Fsp3) is 0.222. The maximum atomic E-state index is 14.4. The summed E-state index contributed by atoms with van der Waals surface area (Å²) in [6.45, 7) is 1.89. The van der Waals surface area contributed by atoms with Gasteiger partial charge in [-0.1, -0.05) is 0 Å². The smallest absolute Gasteiger partial charge is 0.256 e. The number of anilines is 2. The zero-order valence-electron chi connectivity index (χ0n) is 14.2. The average Bonchev–Trinajstić information content (AvgIpc) is 2.56. The number of carbonyl (C=O) groups is 2. The Bertz CT molecular complexity index is 917. The minimum atomic E-state index is -1.27. The molecular weight excluding hydrogens is 474 g/mol. The number of likely N-dealkylation sites (tertiary alicyclic amines) is 1. The van der Waals surface area contributed by atoms with E-state index in [-0.39, 0.29) is 36.3 Å². The Kier molecular flexibility index (Phi) is 5.59. The molecule has 9 heteroatoms. The molecule has 0 unspecified atom stereocenters. The first kappa shape index (κ1) is 19.5. The van der Waals surface area contributed by atoms with Crippen LogP contribution in [0.2, 0.25) is 0 Å². The van der Waals surface area contributed by atoms with Gasteiger partial charge in [0.2, 0.25) is 5.91 Å². The van der Waals surface area contributed by atoms with E-state index in [1.54, 1.807) is 6.07 Å². The van der Waals surface area contributed by atoms with Crippen LogP contribution in [0.4, 0.5) is 24.5 Å². The molecule has 1 fully saturated rings. The molecule has 2 aromatic rings. The van der Waals surface area contributed by atoms with E-state index < -0.39 is 29.0 Å². The lowest BCUT2D eigenvalue weighted by Crippen LogP contribution is -2.60. The van der Waals surface area contributed by atoms with Crippen LogP contribution in [0.15, 0.2) is 30.3 Å². The highest BCUT2D eigenvalue weighted by Gasteiger charge is 2.33. The topological polar surface area (TPSA) is 61.4 Å². The Labute approximate surface area is 167 Å². The Morgan fingerprint density at radius 2 is 1.81 bits per heavy atom. The summed E-state index contributed by atoms with van der Waals surface area (Å²) >= 11 is 1.92. The van der Waals surface area contributed by atoms with Gasteiger partial charge in [-0.05, 0) is 52.9 Å². The van der Waals surface area contributed by atoms with Crippen molar-refractivity contribution in [2.45, 2.75) is 13.0 Å². The normalized spacial score (nSPS) is 13.9. The second kappa shape index (κ2) is 7.75. The quantitative estimate of drug-likeness (QED) is 0.648. The van der Waals surface area contributed by atoms with Crippen LogP contribution in [0.25, 0.3) is 0 Å². The van der Waals surface area contributed by atoms with Gasteiger partial charge in [0.25, 0.3) is 5.91 Å². The molecule has 0 bridgehead atoms. The van der Waals surface area contributed by atoms with Crippen molar-refractivity contribution in [1.82, 2.24) is 10.2 Å². The average molecular weight is 489 g/mol. The maximum absolute atomic E-state index is 14.4. The standard InChI is InChI=1S/C18H15F3IN3O2/c1-9(26)23-11-7-25(8-11)18(27)12-3-4-13(19)16(21)17(12)24-15-5-2-10(22)6-14(15)20/h2-6,11,24H,7-8H2,1H3,(H,23,26). The van der Waals surface area contributed by atoms with Crippen LogP contribution in [0.1, 0.15) is 17.3 Å². The van der Waals surface area contributed by atoms with Gasteiger partial charge < -0.3 is 15.5 Å². The molecule has 2 amide bonds. The number of hydrogen-bond donors (Lipinski definition) is 2. The van der Waals surface area contributed by atoms with Gasteiger partial charge in [0, 0.05) is 23.6 Å². The van der Waals surface area contributed by atoms with Crippen LogP contribution in [0.3, 0.4) is 0 Å². The van der Waals surface area contributed by atoms with Crippen molar-refractivity contribution in [2.75, 3.05) is 18.4 Å². The van der Waals surface area contributed by atoms with Crippen molar-refractivity contribution in [3.05, 3.63) is 56.9 Å². The summed E-state index contributed by atoms with van der Waals surface area (Å²) in [5.74, 6) is -3.82. The van der Waals surface area contributed by atoms with Gasteiger partial charge in [-0.25, -0.2) is 13.2 Å². The van der Waals surface area contributed by atoms with Crippen LogP contribution in [-0.4, -0.2) is 35.8 Å². The third-order valence-electron chi connectivity index (χ3n) is 4.09. The molecule has 0 radical (unpaired) electrons. The summed E-state index contributed by atoms with van der Waals surface area (Å²) in [4.78, 5) is 25.1. The molecule has 0 aromatic heterocycles. The molecule has 5 nitrogen and oxygen atoms in total. The monoisotopic (exact) mass is 489 g/mol. The molecule has 3 rings (SSSR count). The number of halogens is 4. The number of nitrogens with one attached hydrogen (secondary N) is 2. The van der Waals surface area contributed by atoms with Crippen LogP contribution in [-0.2, 0) is 4.79 Å². The molecule has 1 aliphatic heterocycles. The van der Waals surface area contributed by atoms with Crippen molar-refractivity contribution in [2.24, 2.45) is 0 Å². The first-order valence-electron chi connectivity index (χ1n) is 8.02. The number of rotatable bonds is 4. The van der Waals surface area contributed by atoms with Gasteiger partial charge in [-0.15, -0.1) is 0 Å². The summed E-state index contributed by atoms with van der Waals surface area (Å²) in [5, 5.41) is 5.16. The number of nitrogens with zero attached hydrogens (tertiary/aromatic N) is 1. The van der Waals surface area contributed by atoms with Gasteiger partial charge in [-0.3, -0.25) is 9.59 Å². The molecule has 1 heterocycles. The zero-order chi connectivity index (χ0) is 19.7. The van der Waals surface area contributed by atoms with Crippen molar-refractivity contribution >= 4 is 45.8 Å². The number of carbonyl (C=O) groups excluding carboxylic acids is 2. The number of hydrogen-bond acceptors (Lipinski definition) is 3. The van der Waals surface area contributed by atoms with E-state index in [1.165, 1.54) is 24.0 Å². The molecular formula is C18H15F3IN3O2. The SMILES string of the molecule is CC(=O)NC1CN(C(=O)c2ccc(F)c(F)c2Nc2ccc(I)cc2F)C1. The lowest BCUT2D eigenvalue weighted by Gasteiger charge is -2.39. The summed E-state index contributed by atoms with van der Waals surface area (Å²) in [7, 11) is 0. The van der Waals surface area contributed by atoms with Crippen molar-refractivity contribution < 1.29 is 22.8 Å². The molecule has 2 N–H and O–H groups in total. The van der Waals surface area contributed by atoms with Gasteiger partial charge in [0.1, 0.15) is 5.82 Å². The van der Waals surface area contributed by atoms with E-state index in [4.69, 9.17) is 0 Å². The predicted octanol–water partition coefficient (Wildman–Crippen LogP) is 3.41. The van der Waals surface area contributed by atoms with Gasteiger partial charge in [0.05, 0.1) is 23.0 Å². The molecule has 0 atom stereocenters. The lowest BCUT2D eigenvalue weighted by atomic mass is 10.0. The van der Waals surface area contributed by atoms with E-state index in [2.05, 4.69) is 10.6 Å². The fourth-order valence-corrected chi connectivity index (χ4v) is 3.22. The molecule has 2 aromatic carbocycles. The predicted molar refractivity (Wildman–Crippen MR) is 102 cm³/mol. The lowest BCUT2D eigenvalue weighted by molar-refractivity contribution is -0.120. The number of benzene rings is 2. The maximum Gasteiger partial charge on any atom is 0.256 e. The van der Waals surface area contributed by atoms with E-state index in [0.717, 1.165) is 12.1 Å². The van der Waals surface area contributed by atoms with E-state index in [1.807, 2.05) is 22.6 Å². The Morgan fingerprint density at radius 3 is 2.44 bits per heavy atom. The third-order valence-corrected chi connectivity index (χ3v) is 4.76. The summed E-state index contributed by atoms with van der Waals surface area (Å²) in [5.41, 5.74) is -0.620. The molecule has 1 aliphatic rings. The Balaban J connectivity index is 1.87. The summed E-state index contributed by atoms with van der Waals surface area (Å²) < 4.78 is 42.8. The second-order valence-electron chi connectivity index (χ2n) is 6.14.